The Morgan fingerprint density at radius 1 is 1.32 bits per heavy atom. The summed E-state index contributed by atoms with van der Waals surface area (Å²) < 4.78 is 2.02. The second-order valence-corrected chi connectivity index (χ2v) is 5.27. The second-order valence-electron chi connectivity index (χ2n) is 5.27. The number of imidazole rings is 1. The lowest BCUT2D eigenvalue weighted by molar-refractivity contribution is 0.397. The van der Waals surface area contributed by atoms with Crippen LogP contribution in [0.2, 0.25) is 0 Å². The standard InChI is InChI=1S/C15H20N4/c1-18-8-6-14(11-18)17-10-13-2-4-15(5-3-13)19-9-7-16-12-19/h2-5,7,9,12,14,17H,6,8,10-11H2,1H3. The SMILES string of the molecule is CN1CCC(NCc2ccc(-n3ccnc3)cc2)C1. The molecule has 1 unspecified atom stereocenters. The molecule has 4 heteroatoms. The fourth-order valence-electron chi connectivity index (χ4n) is 2.56. The molecule has 0 radical (unpaired) electrons. The maximum atomic E-state index is 4.06. The van der Waals surface area contributed by atoms with E-state index in [1.165, 1.54) is 18.5 Å². The Hall–Kier alpha value is -1.65. The monoisotopic (exact) mass is 256 g/mol. The predicted octanol–water partition coefficient (Wildman–Crippen LogP) is 1.67. The maximum Gasteiger partial charge on any atom is 0.0991 e. The topological polar surface area (TPSA) is 33.1 Å². The molecule has 0 saturated carbocycles. The molecule has 1 fully saturated rings. The molecule has 1 atom stereocenters. The van der Waals surface area contributed by atoms with Gasteiger partial charge >= 0.3 is 0 Å². The second kappa shape index (κ2) is 5.55. The molecule has 1 aromatic heterocycles. The van der Waals surface area contributed by atoms with Gasteiger partial charge in [-0.2, -0.15) is 0 Å². The van der Waals surface area contributed by atoms with Crippen LogP contribution in [0.1, 0.15) is 12.0 Å². The van der Waals surface area contributed by atoms with Gasteiger partial charge in [0.1, 0.15) is 0 Å². The van der Waals surface area contributed by atoms with Gasteiger partial charge in [-0.25, -0.2) is 4.98 Å². The van der Waals surface area contributed by atoms with Crippen molar-refractivity contribution in [3.05, 3.63) is 48.5 Å². The average Bonchev–Trinajstić information content (AvgIpc) is 3.08. The van der Waals surface area contributed by atoms with Crippen molar-refractivity contribution in [2.45, 2.75) is 19.0 Å². The van der Waals surface area contributed by atoms with Crippen molar-refractivity contribution in [1.82, 2.24) is 19.8 Å². The molecule has 1 saturated heterocycles. The highest BCUT2D eigenvalue weighted by atomic mass is 15.2. The van der Waals surface area contributed by atoms with Gasteiger partial charge in [0.25, 0.3) is 0 Å². The van der Waals surface area contributed by atoms with E-state index >= 15 is 0 Å². The van der Waals surface area contributed by atoms with Crippen LogP contribution in [0.15, 0.2) is 43.0 Å². The molecule has 0 aliphatic carbocycles. The lowest BCUT2D eigenvalue weighted by Gasteiger charge is -2.13. The molecule has 2 aromatic rings. The van der Waals surface area contributed by atoms with Crippen LogP contribution < -0.4 is 5.32 Å². The quantitative estimate of drug-likeness (QED) is 0.903. The Bertz CT molecular complexity index is 503. The molecule has 0 spiro atoms. The number of likely N-dealkylation sites (N-methyl/N-ethyl adjacent to an activating group) is 1. The Morgan fingerprint density at radius 2 is 2.16 bits per heavy atom. The Morgan fingerprint density at radius 3 is 2.79 bits per heavy atom. The molecular weight excluding hydrogens is 236 g/mol. The zero-order valence-corrected chi connectivity index (χ0v) is 11.3. The predicted molar refractivity (Wildman–Crippen MR) is 76.3 cm³/mol. The highest BCUT2D eigenvalue weighted by Gasteiger charge is 2.18. The average molecular weight is 256 g/mol. The van der Waals surface area contributed by atoms with Gasteiger partial charge in [0.05, 0.1) is 6.33 Å². The number of nitrogens with zero attached hydrogens (tertiary/aromatic N) is 3. The van der Waals surface area contributed by atoms with Gasteiger partial charge in [-0.15, -0.1) is 0 Å². The third-order valence-electron chi connectivity index (χ3n) is 3.73. The first-order valence-corrected chi connectivity index (χ1v) is 6.80. The van der Waals surface area contributed by atoms with Crippen LogP contribution in [0.3, 0.4) is 0 Å². The minimum atomic E-state index is 0.637. The van der Waals surface area contributed by atoms with E-state index < -0.39 is 0 Å². The molecule has 4 nitrogen and oxygen atoms in total. The first-order valence-electron chi connectivity index (χ1n) is 6.80. The van der Waals surface area contributed by atoms with Gasteiger partial charge in [-0.3, -0.25) is 0 Å². The van der Waals surface area contributed by atoms with Crippen molar-refractivity contribution in [2.75, 3.05) is 20.1 Å². The fraction of sp³-hybridized carbons (Fsp3) is 0.400. The highest BCUT2D eigenvalue weighted by Crippen LogP contribution is 2.11. The summed E-state index contributed by atoms with van der Waals surface area (Å²) in [6.07, 6.45) is 6.83. The van der Waals surface area contributed by atoms with Crippen LogP contribution in [0.4, 0.5) is 0 Å². The van der Waals surface area contributed by atoms with Crippen LogP contribution in [0.5, 0.6) is 0 Å². The van der Waals surface area contributed by atoms with Crippen molar-refractivity contribution in [3.63, 3.8) is 0 Å². The van der Waals surface area contributed by atoms with Gasteiger partial charge in [-0.1, -0.05) is 12.1 Å². The van der Waals surface area contributed by atoms with E-state index in [0.29, 0.717) is 6.04 Å². The van der Waals surface area contributed by atoms with Gasteiger partial charge in [0.2, 0.25) is 0 Å². The summed E-state index contributed by atoms with van der Waals surface area (Å²) >= 11 is 0. The minimum Gasteiger partial charge on any atom is -0.309 e. The van der Waals surface area contributed by atoms with E-state index in [0.717, 1.165) is 18.8 Å². The Labute approximate surface area is 114 Å². The molecule has 2 heterocycles. The van der Waals surface area contributed by atoms with Crippen LogP contribution >= 0.6 is 0 Å². The summed E-state index contributed by atoms with van der Waals surface area (Å²) in [5, 5.41) is 3.62. The lowest BCUT2D eigenvalue weighted by atomic mass is 10.2. The Kier molecular flexibility index (Phi) is 3.62. The first kappa shape index (κ1) is 12.4. The molecule has 1 aromatic carbocycles. The maximum absolute atomic E-state index is 4.06. The minimum absolute atomic E-state index is 0.637. The van der Waals surface area contributed by atoms with E-state index in [1.807, 2.05) is 17.1 Å². The summed E-state index contributed by atoms with van der Waals surface area (Å²) in [6, 6.07) is 9.28. The lowest BCUT2D eigenvalue weighted by Crippen LogP contribution is -2.30. The summed E-state index contributed by atoms with van der Waals surface area (Å²) in [5.74, 6) is 0. The molecule has 0 bridgehead atoms. The number of nitrogens with one attached hydrogen (secondary N) is 1. The third kappa shape index (κ3) is 3.03. The number of rotatable bonds is 4. The highest BCUT2D eigenvalue weighted by molar-refractivity contribution is 5.34. The number of benzene rings is 1. The van der Waals surface area contributed by atoms with Crippen LogP contribution in [-0.2, 0) is 6.54 Å². The van der Waals surface area contributed by atoms with E-state index in [9.17, 15) is 0 Å². The molecule has 3 rings (SSSR count). The summed E-state index contributed by atoms with van der Waals surface area (Å²) in [7, 11) is 2.18. The van der Waals surface area contributed by atoms with Crippen molar-refractivity contribution in [2.24, 2.45) is 0 Å². The van der Waals surface area contributed by atoms with E-state index in [1.54, 1.807) is 6.20 Å². The molecule has 1 aliphatic rings. The van der Waals surface area contributed by atoms with Gasteiger partial charge < -0.3 is 14.8 Å². The van der Waals surface area contributed by atoms with Gasteiger partial charge in [0.15, 0.2) is 0 Å². The summed E-state index contributed by atoms with van der Waals surface area (Å²) in [4.78, 5) is 6.44. The molecule has 0 amide bonds. The largest absolute Gasteiger partial charge is 0.309 e. The smallest absolute Gasteiger partial charge is 0.0991 e. The van der Waals surface area contributed by atoms with Gasteiger partial charge in [0, 0.05) is 37.2 Å². The summed E-state index contributed by atoms with van der Waals surface area (Å²) in [5.41, 5.74) is 2.49. The number of hydrogen-bond acceptors (Lipinski definition) is 3. The zero-order chi connectivity index (χ0) is 13.1. The van der Waals surface area contributed by atoms with Crippen molar-refractivity contribution < 1.29 is 0 Å². The first-order chi connectivity index (χ1) is 9.31. The number of hydrogen-bond donors (Lipinski definition) is 1. The number of aromatic nitrogens is 2. The normalized spacial score (nSPS) is 19.9. The fourth-order valence-corrected chi connectivity index (χ4v) is 2.56. The molecule has 1 aliphatic heterocycles. The molecule has 1 N–H and O–H groups in total. The van der Waals surface area contributed by atoms with E-state index in [2.05, 4.69) is 46.5 Å². The van der Waals surface area contributed by atoms with E-state index in [4.69, 9.17) is 0 Å². The van der Waals surface area contributed by atoms with Crippen LogP contribution in [0, 0.1) is 0 Å². The molecule has 100 valence electrons. The van der Waals surface area contributed by atoms with Crippen LogP contribution in [-0.4, -0.2) is 40.6 Å². The number of likely N-dealkylation sites (tertiary alicyclic amines) is 1. The molecule has 19 heavy (non-hydrogen) atoms. The van der Waals surface area contributed by atoms with E-state index in [-0.39, 0.29) is 0 Å². The Balaban J connectivity index is 1.57. The van der Waals surface area contributed by atoms with Crippen molar-refractivity contribution in [1.29, 1.82) is 0 Å². The summed E-state index contributed by atoms with van der Waals surface area (Å²) in [6.45, 7) is 3.31. The van der Waals surface area contributed by atoms with Crippen molar-refractivity contribution >= 4 is 0 Å². The van der Waals surface area contributed by atoms with Crippen molar-refractivity contribution in [3.8, 4) is 5.69 Å². The zero-order valence-electron chi connectivity index (χ0n) is 11.3. The third-order valence-corrected chi connectivity index (χ3v) is 3.73. The molecular formula is C15H20N4. The van der Waals surface area contributed by atoms with Crippen LogP contribution in [0.25, 0.3) is 5.69 Å². The van der Waals surface area contributed by atoms with Gasteiger partial charge in [-0.05, 0) is 37.7 Å².